The summed E-state index contributed by atoms with van der Waals surface area (Å²) in [5.41, 5.74) is 5.57. The van der Waals surface area contributed by atoms with Crippen molar-refractivity contribution in [2.24, 2.45) is 5.73 Å². The lowest BCUT2D eigenvalue weighted by molar-refractivity contribution is -0.138. The summed E-state index contributed by atoms with van der Waals surface area (Å²) >= 11 is 0. The van der Waals surface area contributed by atoms with Crippen molar-refractivity contribution in [3.05, 3.63) is 0 Å². The van der Waals surface area contributed by atoms with Crippen molar-refractivity contribution in [3.8, 4) is 0 Å². The van der Waals surface area contributed by atoms with E-state index in [1.807, 2.05) is 0 Å². The highest BCUT2D eigenvalue weighted by molar-refractivity contribution is 7.48. The third kappa shape index (κ3) is 20.6. The van der Waals surface area contributed by atoms with Gasteiger partial charge in [-0.1, -0.05) is 117 Å². The molecule has 3 N–H and O–H groups in total. The molecule has 0 fully saturated rings. The quantitative estimate of drug-likeness (QED) is 0.0981. The average molecular weight is 506 g/mol. The molecule has 2 atom stereocenters. The van der Waals surface area contributed by atoms with Gasteiger partial charge in [0.15, 0.2) is 5.78 Å². The van der Waals surface area contributed by atoms with E-state index in [2.05, 4.69) is 18.4 Å². The number of unbranched alkanes of at least 4 members (excludes halogenated alkanes) is 16. The Morgan fingerprint density at radius 2 is 1.09 bits per heavy atom. The molecule has 0 amide bonds. The van der Waals surface area contributed by atoms with Crippen LogP contribution in [0.5, 0.6) is 0 Å². The first kappa shape index (κ1) is 33.2. The third-order valence-corrected chi connectivity index (χ3v) is 7.02. The summed E-state index contributed by atoms with van der Waals surface area (Å²) in [7, 11) is -4.67. The first-order valence-electron chi connectivity index (χ1n) is 13.8. The van der Waals surface area contributed by atoms with E-state index >= 15 is 0 Å². The molecule has 0 bridgehead atoms. The molecule has 0 aromatic carbocycles. The molecular formula is C26H52NO6P. The lowest BCUT2D eigenvalue weighted by Gasteiger charge is -2.18. The fraction of sp³-hybridized carbons (Fsp3) is 0.923. The van der Waals surface area contributed by atoms with Crippen molar-refractivity contribution in [1.82, 2.24) is 0 Å². The van der Waals surface area contributed by atoms with Gasteiger partial charge in [0, 0.05) is 19.4 Å². The van der Waals surface area contributed by atoms with Crippen molar-refractivity contribution in [1.29, 1.82) is 0 Å². The van der Waals surface area contributed by atoms with Crippen molar-refractivity contribution in [3.63, 3.8) is 0 Å². The molecule has 2 unspecified atom stereocenters. The van der Waals surface area contributed by atoms with E-state index in [0.717, 1.165) is 38.5 Å². The molecule has 0 radical (unpaired) electrons. The van der Waals surface area contributed by atoms with Gasteiger partial charge in [-0.15, -0.1) is 0 Å². The van der Waals surface area contributed by atoms with Gasteiger partial charge in [0.25, 0.3) is 0 Å². The lowest BCUT2D eigenvalue weighted by atomic mass is 10.0. The maximum atomic E-state index is 12.3. The van der Waals surface area contributed by atoms with E-state index in [1.54, 1.807) is 0 Å². The molecule has 8 heteroatoms. The highest BCUT2D eigenvalue weighted by Crippen LogP contribution is 2.45. The van der Waals surface area contributed by atoms with Gasteiger partial charge in [-0.05, 0) is 12.8 Å². The number of carbonyl (C=O) groups excluding carboxylic acids is 2. The molecule has 0 aromatic rings. The SMILES string of the molecule is CCCCCCCCCCCC(=O)OP(=O)(O)OC(CN)C(=O)CCCCCCCCCCC. The maximum Gasteiger partial charge on any atom is 0.530 e. The van der Waals surface area contributed by atoms with E-state index in [0.29, 0.717) is 12.8 Å². The van der Waals surface area contributed by atoms with E-state index < -0.39 is 19.9 Å². The number of ketones is 1. The average Bonchev–Trinajstić information content (AvgIpc) is 2.80. The van der Waals surface area contributed by atoms with E-state index in [-0.39, 0.29) is 25.2 Å². The molecular weight excluding hydrogens is 453 g/mol. The van der Waals surface area contributed by atoms with Gasteiger partial charge in [0.1, 0.15) is 6.10 Å². The van der Waals surface area contributed by atoms with Crippen LogP contribution in [-0.2, 0) is 23.2 Å². The first-order chi connectivity index (χ1) is 16.4. The number of hydrogen-bond acceptors (Lipinski definition) is 6. The van der Waals surface area contributed by atoms with E-state index in [4.69, 9.17) is 10.3 Å². The molecule has 0 aliphatic rings. The van der Waals surface area contributed by atoms with Crippen molar-refractivity contribution in [2.45, 2.75) is 148 Å². The van der Waals surface area contributed by atoms with Crippen molar-refractivity contribution >= 4 is 19.6 Å². The number of carbonyl (C=O) groups is 2. The zero-order chi connectivity index (χ0) is 25.5. The Hall–Kier alpha value is -0.750. The predicted octanol–water partition coefficient (Wildman–Crippen LogP) is 7.38. The van der Waals surface area contributed by atoms with Crippen molar-refractivity contribution < 1.29 is 28.1 Å². The Bertz CT molecular complexity index is 557. The standard InChI is InChI=1S/C26H52NO6P/c1-3-5-7-9-11-13-15-17-19-21-24(28)25(23-27)32-34(30,31)33-26(29)22-20-18-16-14-12-10-8-6-4-2/h25H,3-23,27H2,1-2H3,(H,30,31). The molecule has 7 nitrogen and oxygen atoms in total. The Kier molecular flexibility index (Phi) is 22.2. The highest BCUT2D eigenvalue weighted by atomic mass is 31.2. The topological polar surface area (TPSA) is 116 Å². The number of rotatable bonds is 25. The Labute approximate surface area is 208 Å². The minimum atomic E-state index is -4.67. The summed E-state index contributed by atoms with van der Waals surface area (Å²) in [5.74, 6) is -1.11. The zero-order valence-electron chi connectivity index (χ0n) is 21.9. The van der Waals surface area contributed by atoms with Crippen LogP contribution in [0.25, 0.3) is 0 Å². The monoisotopic (exact) mass is 505 g/mol. The van der Waals surface area contributed by atoms with Crippen LogP contribution in [0, 0.1) is 0 Å². The van der Waals surface area contributed by atoms with Crippen LogP contribution in [0.15, 0.2) is 0 Å². The molecule has 0 aliphatic heterocycles. The smallest absolute Gasteiger partial charge is 0.371 e. The number of phosphoric acid groups is 1. The summed E-state index contributed by atoms with van der Waals surface area (Å²) in [5, 5.41) is 0. The van der Waals surface area contributed by atoms with Crippen LogP contribution in [0.1, 0.15) is 142 Å². The Morgan fingerprint density at radius 1 is 0.706 bits per heavy atom. The van der Waals surface area contributed by atoms with Gasteiger partial charge in [0.2, 0.25) is 0 Å². The largest absolute Gasteiger partial charge is 0.530 e. The van der Waals surface area contributed by atoms with Crippen LogP contribution in [0.4, 0.5) is 0 Å². The van der Waals surface area contributed by atoms with Gasteiger partial charge >= 0.3 is 13.8 Å². The van der Waals surface area contributed by atoms with Gasteiger partial charge in [-0.25, -0.2) is 4.57 Å². The summed E-state index contributed by atoms with van der Waals surface area (Å²) in [6.45, 7) is 4.17. The van der Waals surface area contributed by atoms with Crippen LogP contribution in [-0.4, -0.2) is 29.3 Å². The molecule has 0 heterocycles. The summed E-state index contributed by atoms with van der Waals surface area (Å²) in [6.07, 6.45) is 19.1. The maximum absolute atomic E-state index is 12.3. The molecule has 0 saturated heterocycles. The Morgan fingerprint density at radius 3 is 1.50 bits per heavy atom. The predicted molar refractivity (Wildman–Crippen MR) is 139 cm³/mol. The van der Waals surface area contributed by atoms with E-state index in [1.165, 1.54) is 64.2 Å². The summed E-state index contributed by atoms with van der Waals surface area (Å²) in [4.78, 5) is 34.1. The second-order valence-corrected chi connectivity index (χ2v) is 10.7. The van der Waals surface area contributed by atoms with Crippen LogP contribution < -0.4 is 5.73 Å². The number of phosphoric ester groups is 1. The normalized spacial score (nSPS) is 14.0. The molecule has 0 aliphatic carbocycles. The fourth-order valence-electron chi connectivity index (χ4n) is 3.94. The molecule has 0 spiro atoms. The van der Waals surface area contributed by atoms with Gasteiger partial charge in [0.05, 0.1) is 0 Å². The number of nitrogens with two attached hydrogens (primary N) is 1. The van der Waals surface area contributed by atoms with Crippen LogP contribution in [0.3, 0.4) is 0 Å². The molecule has 0 aromatic heterocycles. The zero-order valence-corrected chi connectivity index (χ0v) is 22.8. The molecule has 202 valence electrons. The highest BCUT2D eigenvalue weighted by Gasteiger charge is 2.32. The second kappa shape index (κ2) is 22.7. The van der Waals surface area contributed by atoms with Gasteiger partial charge in [-0.2, -0.15) is 0 Å². The molecule has 0 rings (SSSR count). The minimum Gasteiger partial charge on any atom is -0.371 e. The molecule has 0 saturated carbocycles. The van der Waals surface area contributed by atoms with Crippen LogP contribution >= 0.6 is 7.82 Å². The number of hydrogen-bond donors (Lipinski definition) is 2. The second-order valence-electron chi connectivity index (χ2n) is 9.38. The summed E-state index contributed by atoms with van der Waals surface area (Å²) < 4.78 is 21.7. The van der Waals surface area contributed by atoms with E-state index in [9.17, 15) is 19.0 Å². The minimum absolute atomic E-state index is 0.0590. The fourth-order valence-corrected chi connectivity index (χ4v) is 4.86. The lowest BCUT2D eigenvalue weighted by Crippen LogP contribution is -2.32. The first-order valence-corrected chi connectivity index (χ1v) is 15.3. The van der Waals surface area contributed by atoms with Crippen molar-refractivity contribution in [2.75, 3.05) is 6.54 Å². The van der Waals surface area contributed by atoms with Crippen LogP contribution in [0.2, 0.25) is 0 Å². The van der Waals surface area contributed by atoms with Gasteiger partial charge in [-0.3, -0.25) is 19.0 Å². The molecule has 34 heavy (non-hydrogen) atoms. The number of Topliss-reactive ketones (excluding diaryl/α,β-unsaturated/α-hetero) is 1. The van der Waals surface area contributed by atoms with Gasteiger partial charge < -0.3 is 10.3 Å². The summed E-state index contributed by atoms with van der Waals surface area (Å²) in [6, 6.07) is 0. The Balaban J connectivity index is 3.98. The third-order valence-electron chi connectivity index (χ3n) is 6.06.